The molecule has 0 radical (unpaired) electrons. The van der Waals surface area contributed by atoms with Gasteiger partial charge in [0, 0.05) is 20.1 Å². The van der Waals surface area contributed by atoms with Gasteiger partial charge in [-0.3, -0.25) is 4.79 Å². The summed E-state index contributed by atoms with van der Waals surface area (Å²) in [4.78, 5) is 11.4. The number of halogens is 1. The normalized spacial score (nSPS) is 11.9. The molecule has 4 heteroatoms. The van der Waals surface area contributed by atoms with Crippen molar-refractivity contribution in [2.45, 2.75) is 18.9 Å². The number of rotatable bonds is 7. The third-order valence-corrected chi connectivity index (χ3v) is 2.57. The number of amides is 1. The molecule has 18 heavy (non-hydrogen) atoms. The number of carbonyl (C=O) groups is 1. The first-order valence-corrected chi connectivity index (χ1v) is 5.83. The summed E-state index contributed by atoms with van der Waals surface area (Å²) < 4.78 is 18.3. The van der Waals surface area contributed by atoms with Crippen LogP contribution in [0.25, 0.3) is 0 Å². The Morgan fingerprint density at radius 2 is 2.39 bits per heavy atom. The van der Waals surface area contributed by atoms with Crippen LogP contribution in [0.4, 0.5) is 4.39 Å². The van der Waals surface area contributed by atoms with Gasteiger partial charge in [0.25, 0.3) is 0 Å². The first kappa shape index (κ1) is 14.4. The van der Waals surface area contributed by atoms with Crippen LogP contribution in [0.3, 0.4) is 0 Å². The lowest BCUT2D eigenvalue weighted by Crippen LogP contribution is -2.28. The molecule has 1 aromatic rings. The van der Waals surface area contributed by atoms with E-state index in [1.165, 1.54) is 19.2 Å². The van der Waals surface area contributed by atoms with Crippen molar-refractivity contribution >= 4 is 5.91 Å². The highest BCUT2D eigenvalue weighted by atomic mass is 19.1. The van der Waals surface area contributed by atoms with E-state index in [9.17, 15) is 9.18 Å². The topological polar surface area (TPSA) is 38.3 Å². The summed E-state index contributed by atoms with van der Waals surface area (Å²) in [5, 5.41) is 2.75. The van der Waals surface area contributed by atoms with E-state index in [0.29, 0.717) is 24.9 Å². The molecule has 0 aliphatic rings. The van der Waals surface area contributed by atoms with Crippen LogP contribution in [0.2, 0.25) is 0 Å². The Labute approximate surface area is 107 Å². The van der Waals surface area contributed by atoms with Crippen LogP contribution in [-0.4, -0.2) is 19.6 Å². The lowest BCUT2D eigenvalue weighted by atomic mass is 10.1. The van der Waals surface area contributed by atoms with Crippen LogP contribution in [0.1, 0.15) is 24.5 Å². The van der Waals surface area contributed by atoms with Crippen molar-refractivity contribution in [3.63, 3.8) is 0 Å². The Morgan fingerprint density at radius 3 is 3.00 bits per heavy atom. The van der Waals surface area contributed by atoms with E-state index in [0.717, 1.165) is 0 Å². The maximum Gasteiger partial charge on any atom is 0.220 e. The second-order valence-corrected chi connectivity index (χ2v) is 3.91. The van der Waals surface area contributed by atoms with Crippen molar-refractivity contribution in [1.82, 2.24) is 5.32 Å². The Morgan fingerprint density at radius 1 is 1.61 bits per heavy atom. The van der Waals surface area contributed by atoms with Gasteiger partial charge in [-0.25, -0.2) is 4.39 Å². The van der Waals surface area contributed by atoms with E-state index in [2.05, 4.69) is 11.9 Å². The molecule has 0 aromatic heterocycles. The molecule has 0 aliphatic carbocycles. The van der Waals surface area contributed by atoms with Gasteiger partial charge in [0.15, 0.2) is 0 Å². The Hall–Kier alpha value is -1.68. The molecule has 0 spiro atoms. The highest BCUT2D eigenvalue weighted by molar-refractivity contribution is 5.76. The summed E-state index contributed by atoms with van der Waals surface area (Å²) in [5.74, 6) is -0.374. The Kier molecular flexibility index (Phi) is 6.08. The molecule has 1 unspecified atom stereocenters. The molecule has 0 fully saturated rings. The highest BCUT2D eigenvalue weighted by Gasteiger charge is 2.12. The molecular formula is C14H18FNO2. The third kappa shape index (κ3) is 4.67. The molecule has 0 saturated heterocycles. The number of ether oxygens (including phenoxy) is 1. The molecule has 0 bridgehead atoms. The predicted octanol–water partition coefficient (Wildman–Crippen LogP) is 2.60. The molecule has 0 saturated carbocycles. The van der Waals surface area contributed by atoms with Crippen LogP contribution in [-0.2, 0) is 9.53 Å². The summed E-state index contributed by atoms with van der Waals surface area (Å²) in [6.07, 6.45) is 2.40. The van der Waals surface area contributed by atoms with Crippen LogP contribution in [0, 0.1) is 5.82 Å². The SMILES string of the molecule is C=CCCC(=O)NCC(OC)c1cccc(F)c1. The van der Waals surface area contributed by atoms with Crippen molar-refractivity contribution in [2.24, 2.45) is 0 Å². The largest absolute Gasteiger partial charge is 0.375 e. The van der Waals surface area contributed by atoms with E-state index in [-0.39, 0.29) is 17.8 Å². The third-order valence-electron chi connectivity index (χ3n) is 2.57. The smallest absolute Gasteiger partial charge is 0.220 e. The number of hydrogen-bond acceptors (Lipinski definition) is 2. The highest BCUT2D eigenvalue weighted by Crippen LogP contribution is 2.16. The molecule has 0 aliphatic heterocycles. The maximum absolute atomic E-state index is 13.1. The molecule has 1 atom stereocenters. The van der Waals surface area contributed by atoms with E-state index in [4.69, 9.17) is 4.74 Å². The fourth-order valence-electron chi connectivity index (χ4n) is 1.57. The zero-order chi connectivity index (χ0) is 13.4. The van der Waals surface area contributed by atoms with E-state index in [1.54, 1.807) is 18.2 Å². The fourth-order valence-corrected chi connectivity index (χ4v) is 1.57. The van der Waals surface area contributed by atoms with Crippen LogP contribution in [0.5, 0.6) is 0 Å². The van der Waals surface area contributed by atoms with Crippen molar-refractivity contribution < 1.29 is 13.9 Å². The van der Waals surface area contributed by atoms with E-state index >= 15 is 0 Å². The average molecular weight is 251 g/mol. The minimum absolute atomic E-state index is 0.0617. The lowest BCUT2D eigenvalue weighted by molar-refractivity contribution is -0.121. The molecule has 98 valence electrons. The average Bonchev–Trinajstić information content (AvgIpc) is 2.37. The summed E-state index contributed by atoms with van der Waals surface area (Å²) in [5.41, 5.74) is 0.710. The second kappa shape index (κ2) is 7.61. The van der Waals surface area contributed by atoms with Gasteiger partial charge in [0.1, 0.15) is 5.82 Å². The second-order valence-electron chi connectivity index (χ2n) is 3.91. The van der Waals surface area contributed by atoms with Gasteiger partial charge < -0.3 is 10.1 Å². The van der Waals surface area contributed by atoms with Gasteiger partial charge in [-0.2, -0.15) is 0 Å². The zero-order valence-electron chi connectivity index (χ0n) is 10.5. The fraction of sp³-hybridized carbons (Fsp3) is 0.357. The van der Waals surface area contributed by atoms with Gasteiger partial charge in [0.05, 0.1) is 6.10 Å². The summed E-state index contributed by atoms with van der Waals surface area (Å²) in [7, 11) is 1.53. The van der Waals surface area contributed by atoms with Crippen molar-refractivity contribution in [1.29, 1.82) is 0 Å². The summed E-state index contributed by atoms with van der Waals surface area (Å²) in [6.45, 7) is 3.88. The van der Waals surface area contributed by atoms with Gasteiger partial charge in [-0.1, -0.05) is 18.2 Å². The summed E-state index contributed by atoms with van der Waals surface area (Å²) in [6, 6.07) is 6.17. The van der Waals surface area contributed by atoms with Gasteiger partial charge in [-0.15, -0.1) is 6.58 Å². The first-order chi connectivity index (χ1) is 8.67. The van der Waals surface area contributed by atoms with E-state index in [1.807, 2.05) is 0 Å². The molecule has 1 N–H and O–H groups in total. The first-order valence-electron chi connectivity index (χ1n) is 5.83. The van der Waals surface area contributed by atoms with Crippen LogP contribution in [0.15, 0.2) is 36.9 Å². The molecule has 1 rings (SSSR count). The van der Waals surface area contributed by atoms with Crippen LogP contribution >= 0.6 is 0 Å². The molecule has 3 nitrogen and oxygen atoms in total. The number of hydrogen-bond donors (Lipinski definition) is 1. The van der Waals surface area contributed by atoms with Crippen molar-refractivity contribution in [3.05, 3.63) is 48.3 Å². The number of methoxy groups -OCH3 is 1. The Bertz CT molecular complexity index is 407. The number of nitrogens with one attached hydrogen (secondary N) is 1. The van der Waals surface area contributed by atoms with Gasteiger partial charge in [0.2, 0.25) is 5.91 Å². The predicted molar refractivity (Wildman–Crippen MR) is 68.6 cm³/mol. The quantitative estimate of drug-likeness (QED) is 0.756. The molecular weight excluding hydrogens is 233 g/mol. The van der Waals surface area contributed by atoms with Crippen molar-refractivity contribution in [2.75, 3.05) is 13.7 Å². The zero-order valence-corrected chi connectivity index (χ0v) is 10.5. The minimum atomic E-state index is -0.339. The number of benzene rings is 1. The van der Waals surface area contributed by atoms with Gasteiger partial charge >= 0.3 is 0 Å². The monoisotopic (exact) mass is 251 g/mol. The summed E-state index contributed by atoms with van der Waals surface area (Å²) >= 11 is 0. The van der Waals surface area contributed by atoms with Gasteiger partial charge in [-0.05, 0) is 24.1 Å². The lowest BCUT2D eigenvalue weighted by Gasteiger charge is -2.16. The van der Waals surface area contributed by atoms with Crippen LogP contribution < -0.4 is 5.32 Å². The molecule has 0 heterocycles. The number of allylic oxidation sites excluding steroid dienone is 1. The van der Waals surface area contributed by atoms with E-state index < -0.39 is 0 Å². The standard InChI is InChI=1S/C14H18FNO2/c1-3-4-8-14(17)16-10-13(18-2)11-6-5-7-12(15)9-11/h3,5-7,9,13H,1,4,8,10H2,2H3,(H,16,17). The maximum atomic E-state index is 13.1. The number of carbonyl (C=O) groups excluding carboxylic acids is 1. The Balaban J connectivity index is 2.52. The molecule has 1 aromatic carbocycles. The van der Waals surface area contributed by atoms with Crippen molar-refractivity contribution in [3.8, 4) is 0 Å². The minimum Gasteiger partial charge on any atom is -0.375 e. The molecule has 1 amide bonds.